The number of nitrogen functional groups attached to an aromatic ring is 1. The minimum atomic E-state index is -0.390. The van der Waals surface area contributed by atoms with E-state index in [1.807, 2.05) is 42.5 Å². The van der Waals surface area contributed by atoms with E-state index in [9.17, 15) is 4.79 Å². The smallest absolute Gasteiger partial charge is 0.237 e. The summed E-state index contributed by atoms with van der Waals surface area (Å²) in [5.41, 5.74) is 1.50. The number of amides is 1. The lowest BCUT2D eigenvalue weighted by molar-refractivity contribution is -0.115. The van der Waals surface area contributed by atoms with Crippen molar-refractivity contribution < 1.29 is 4.79 Å². The van der Waals surface area contributed by atoms with Crippen molar-refractivity contribution in [2.75, 3.05) is 11.2 Å². The van der Waals surface area contributed by atoms with Gasteiger partial charge in [-0.2, -0.15) is 0 Å². The van der Waals surface area contributed by atoms with E-state index in [0.29, 0.717) is 16.0 Å². The lowest BCUT2D eigenvalue weighted by Crippen LogP contribution is -2.23. The van der Waals surface area contributed by atoms with Crippen LogP contribution in [-0.2, 0) is 4.79 Å². The van der Waals surface area contributed by atoms with E-state index in [2.05, 4.69) is 15.5 Å². The fraction of sp³-hybridized carbons (Fsp3) is 0.118. The van der Waals surface area contributed by atoms with Crippen molar-refractivity contribution in [2.24, 2.45) is 0 Å². The van der Waals surface area contributed by atoms with Crippen molar-refractivity contribution in [1.82, 2.24) is 14.9 Å². The first-order chi connectivity index (χ1) is 12.0. The number of para-hydroxylation sites is 1. The van der Waals surface area contributed by atoms with Crippen LogP contribution in [0, 0.1) is 0 Å². The van der Waals surface area contributed by atoms with E-state index in [0.717, 1.165) is 11.3 Å². The van der Waals surface area contributed by atoms with E-state index in [1.54, 1.807) is 19.1 Å². The molecule has 0 aliphatic carbocycles. The molecule has 1 amide bonds. The predicted octanol–water partition coefficient (Wildman–Crippen LogP) is 3.43. The number of halogens is 1. The van der Waals surface area contributed by atoms with E-state index >= 15 is 0 Å². The highest BCUT2D eigenvalue weighted by atomic mass is 35.5. The number of carbonyl (C=O) groups is 1. The highest BCUT2D eigenvalue weighted by Gasteiger charge is 2.20. The molecule has 0 fully saturated rings. The van der Waals surface area contributed by atoms with Crippen molar-refractivity contribution in [3.05, 3.63) is 59.6 Å². The summed E-state index contributed by atoms with van der Waals surface area (Å²) in [5.74, 6) is 6.43. The number of nitrogens with one attached hydrogen (secondary N) is 1. The number of thioether (sulfide) groups is 1. The van der Waals surface area contributed by atoms with Crippen LogP contribution in [-0.4, -0.2) is 26.0 Å². The molecule has 8 heteroatoms. The van der Waals surface area contributed by atoms with E-state index in [4.69, 9.17) is 17.4 Å². The molecule has 1 aromatic heterocycles. The van der Waals surface area contributed by atoms with E-state index in [1.165, 1.54) is 16.4 Å². The molecule has 3 rings (SSSR count). The molecule has 3 N–H and O–H groups in total. The van der Waals surface area contributed by atoms with Gasteiger partial charge < -0.3 is 11.2 Å². The molecule has 6 nitrogen and oxygen atoms in total. The zero-order valence-corrected chi connectivity index (χ0v) is 15.0. The van der Waals surface area contributed by atoms with Crippen LogP contribution in [0.3, 0.4) is 0 Å². The third kappa shape index (κ3) is 4.12. The number of hydrogen-bond acceptors (Lipinski definition) is 5. The molecule has 25 heavy (non-hydrogen) atoms. The number of aromatic nitrogens is 3. The van der Waals surface area contributed by atoms with Gasteiger partial charge in [0, 0.05) is 16.3 Å². The second-order valence-electron chi connectivity index (χ2n) is 5.30. The summed E-state index contributed by atoms with van der Waals surface area (Å²) in [6, 6.07) is 16.5. The van der Waals surface area contributed by atoms with Crippen LogP contribution in [0.2, 0.25) is 5.02 Å². The Kier molecular flexibility index (Phi) is 5.25. The maximum Gasteiger partial charge on any atom is 0.237 e. The summed E-state index contributed by atoms with van der Waals surface area (Å²) in [6.45, 7) is 1.79. The highest BCUT2D eigenvalue weighted by Crippen LogP contribution is 2.26. The molecule has 1 heterocycles. The van der Waals surface area contributed by atoms with Crippen molar-refractivity contribution in [2.45, 2.75) is 17.3 Å². The Balaban J connectivity index is 1.72. The maximum atomic E-state index is 12.3. The largest absolute Gasteiger partial charge is 0.335 e. The minimum Gasteiger partial charge on any atom is -0.335 e. The van der Waals surface area contributed by atoms with Gasteiger partial charge in [-0.15, -0.1) is 10.2 Å². The molecule has 0 aliphatic heterocycles. The van der Waals surface area contributed by atoms with Crippen molar-refractivity contribution in [3.8, 4) is 11.4 Å². The maximum absolute atomic E-state index is 12.3. The number of nitrogens with two attached hydrogens (primary N) is 1. The molecule has 0 spiro atoms. The van der Waals surface area contributed by atoms with Crippen molar-refractivity contribution in [3.63, 3.8) is 0 Å². The van der Waals surface area contributed by atoms with Gasteiger partial charge in [0.05, 0.1) is 5.25 Å². The number of anilines is 1. The average Bonchev–Trinajstić information content (AvgIpc) is 2.96. The Hall–Kier alpha value is -2.51. The molecule has 2 aromatic carbocycles. The summed E-state index contributed by atoms with van der Waals surface area (Å²) in [4.78, 5) is 12.3. The molecule has 0 bridgehead atoms. The molecule has 128 valence electrons. The van der Waals surface area contributed by atoms with Gasteiger partial charge in [0.2, 0.25) is 11.1 Å². The predicted molar refractivity (Wildman–Crippen MR) is 101 cm³/mol. The summed E-state index contributed by atoms with van der Waals surface area (Å²) in [5, 5.41) is 11.7. The van der Waals surface area contributed by atoms with Gasteiger partial charge in [-0.3, -0.25) is 4.79 Å². The topological polar surface area (TPSA) is 85.8 Å². The van der Waals surface area contributed by atoms with Crippen molar-refractivity contribution in [1.29, 1.82) is 0 Å². The Bertz CT molecular complexity index is 884. The van der Waals surface area contributed by atoms with Crippen LogP contribution < -0.4 is 11.2 Å². The summed E-state index contributed by atoms with van der Waals surface area (Å²) >= 11 is 7.24. The Morgan fingerprint density at radius 3 is 2.68 bits per heavy atom. The average molecular weight is 374 g/mol. The van der Waals surface area contributed by atoms with Crippen LogP contribution in [0.15, 0.2) is 59.8 Å². The van der Waals surface area contributed by atoms with Gasteiger partial charge in [-0.25, -0.2) is 4.68 Å². The number of nitrogens with zero attached hydrogens (tertiary/aromatic N) is 3. The number of hydrogen-bond donors (Lipinski definition) is 2. The van der Waals surface area contributed by atoms with Gasteiger partial charge in [-0.05, 0) is 31.2 Å². The highest BCUT2D eigenvalue weighted by molar-refractivity contribution is 8.00. The fourth-order valence-corrected chi connectivity index (χ4v) is 3.12. The lowest BCUT2D eigenvalue weighted by atomic mass is 10.2. The normalized spacial score (nSPS) is 11.9. The van der Waals surface area contributed by atoms with Crippen LogP contribution >= 0.6 is 23.4 Å². The van der Waals surface area contributed by atoms with Crippen LogP contribution in [0.1, 0.15) is 6.92 Å². The second-order valence-corrected chi connectivity index (χ2v) is 7.05. The first-order valence-electron chi connectivity index (χ1n) is 7.53. The first-order valence-corrected chi connectivity index (χ1v) is 8.79. The van der Waals surface area contributed by atoms with E-state index < -0.39 is 0 Å². The van der Waals surface area contributed by atoms with Crippen molar-refractivity contribution >= 4 is 35.0 Å². The number of carbonyl (C=O) groups excluding carboxylic acids is 1. The van der Waals surface area contributed by atoms with Gasteiger partial charge in [-0.1, -0.05) is 53.7 Å². The number of rotatable bonds is 5. The van der Waals surface area contributed by atoms with Crippen LogP contribution in [0.25, 0.3) is 11.4 Å². The fourth-order valence-electron chi connectivity index (χ4n) is 2.16. The third-order valence-corrected chi connectivity index (χ3v) is 4.73. The summed E-state index contributed by atoms with van der Waals surface area (Å²) in [7, 11) is 0. The molecule has 1 atom stereocenters. The zero-order chi connectivity index (χ0) is 17.8. The van der Waals surface area contributed by atoms with E-state index in [-0.39, 0.29) is 11.2 Å². The molecular formula is C17H16ClN5OS. The molecule has 0 radical (unpaired) electrons. The van der Waals surface area contributed by atoms with Crippen LogP contribution in [0.5, 0.6) is 0 Å². The molecular weight excluding hydrogens is 358 g/mol. The molecule has 0 saturated heterocycles. The van der Waals surface area contributed by atoms with Gasteiger partial charge >= 0.3 is 0 Å². The molecule has 0 saturated carbocycles. The lowest BCUT2D eigenvalue weighted by Gasteiger charge is -2.11. The SMILES string of the molecule is C[C@H](Sc1nnc(-c2cccc(Cl)c2)n1N)C(=O)Nc1ccccc1. The minimum absolute atomic E-state index is 0.136. The van der Waals surface area contributed by atoms with Gasteiger partial charge in [0.1, 0.15) is 0 Å². The molecule has 3 aromatic rings. The summed E-state index contributed by atoms with van der Waals surface area (Å²) in [6.07, 6.45) is 0. The van der Waals surface area contributed by atoms with Crippen LogP contribution in [0.4, 0.5) is 5.69 Å². The second kappa shape index (κ2) is 7.58. The Morgan fingerprint density at radius 2 is 1.96 bits per heavy atom. The molecule has 0 unspecified atom stereocenters. The Labute approximate surface area is 154 Å². The monoisotopic (exact) mass is 373 g/mol. The standard InChI is InChI=1S/C17H16ClN5OS/c1-11(16(24)20-14-8-3-2-4-9-14)25-17-22-21-15(23(17)19)12-6-5-7-13(18)10-12/h2-11H,19H2,1H3,(H,20,24)/t11-/m0/s1. The summed E-state index contributed by atoms with van der Waals surface area (Å²) < 4.78 is 1.36. The zero-order valence-electron chi connectivity index (χ0n) is 13.4. The quantitative estimate of drug-likeness (QED) is 0.528. The van der Waals surface area contributed by atoms with Gasteiger partial charge in [0.25, 0.3) is 0 Å². The van der Waals surface area contributed by atoms with Gasteiger partial charge in [0.15, 0.2) is 5.82 Å². The number of benzene rings is 2. The molecule has 0 aliphatic rings. The Morgan fingerprint density at radius 1 is 1.20 bits per heavy atom. The first kappa shape index (κ1) is 17.3. The third-order valence-electron chi connectivity index (χ3n) is 3.44.